The van der Waals surface area contributed by atoms with Crippen LogP contribution in [0.3, 0.4) is 0 Å². The summed E-state index contributed by atoms with van der Waals surface area (Å²) < 4.78 is 2.08. The van der Waals surface area contributed by atoms with Crippen molar-refractivity contribution in [2.75, 3.05) is 0 Å². The van der Waals surface area contributed by atoms with Gasteiger partial charge in [-0.05, 0) is 23.7 Å². The van der Waals surface area contributed by atoms with Gasteiger partial charge in [-0.15, -0.1) is 22.7 Å². The average Bonchev–Trinajstić information content (AvgIpc) is 2.98. The Morgan fingerprint density at radius 3 is 3.17 bits per heavy atom. The second-order valence-electron chi connectivity index (χ2n) is 3.78. The normalized spacial score (nSPS) is 11.1. The second kappa shape index (κ2) is 4.75. The number of thiophene rings is 1. The Morgan fingerprint density at radius 1 is 1.50 bits per heavy atom. The molecule has 92 valence electrons. The molecule has 0 saturated heterocycles. The lowest BCUT2D eigenvalue weighted by atomic mass is 10.3. The number of thiazole rings is 1. The smallest absolute Gasteiger partial charge is 0.263 e. The van der Waals surface area contributed by atoms with E-state index in [-0.39, 0.29) is 5.56 Å². The maximum absolute atomic E-state index is 12.2. The molecule has 4 nitrogen and oxygen atoms in total. The average molecular weight is 295 g/mol. The molecule has 0 bridgehead atoms. The monoisotopic (exact) mass is 295 g/mol. The van der Waals surface area contributed by atoms with Gasteiger partial charge in [-0.1, -0.05) is 0 Å². The molecule has 0 spiro atoms. The Labute approximate surface area is 116 Å². The van der Waals surface area contributed by atoms with Gasteiger partial charge in [0.2, 0.25) is 0 Å². The number of rotatable bonds is 3. The summed E-state index contributed by atoms with van der Waals surface area (Å²) >= 11 is 8.27. The molecule has 7 heteroatoms. The molecular weight excluding hydrogens is 286 g/mol. The van der Waals surface area contributed by atoms with E-state index in [1.807, 2.05) is 16.8 Å². The lowest BCUT2D eigenvalue weighted by Crippen LogP contribution is -2.22. The fraction of sp³-hybridized carbons (Fsp3) is 0.182. The van der Waals surface area contributed by atoms with Crippen LogP contribution >= 0.6 is 34.9 Å². The molecule has 3 aromatic heterocycles. The van der Waals surface area contributed by atoms with Gasteiger partial charge < -0.3 is 4.98 Å². The van der Waals surface area contributed by atoms with Gasteiger partial charge >= 0.3 is 0 Å². The molecule has 3 heterocycles. The third-order valence-corrected chi connectivity index (χ3v) is 4.47. The SMILES string of the molecule is O=c1c2ccsc2[nH]c(=S)n1CCc1cscn1. The topological polar surface area (TPSA) is 50.7 Å². The van der Waals surface area contributed by atoms with Gasteiger partial charge in [0.05, 0.1) is 16.6 Å². The predicted octanol–water partition coefficient (Wildman–Crippen LogP) is 2.82. The van der Waals surface area contributed by atoms with Gasteiger partial charge in [-0.2, -0.15) is 0 Å². The maximum atomic E-state index is 12.2. The molecule has 0 aliphatic rings. The molecule has 3 aromatic rings. The van der Waals surface area contributed by atoms with Gasteiger partial charge in [0, 0.05) is 18.3 Å². The van der Waals surface area contributed by atoms with Crippen molar-refractivity contribution in [3.63, 3.8) is 0 Å². The maximum Gasteiger partial charge on any atom is 0.263 e. The Bertz CT molecular complexity index is 782. The highest BCUT2D eigenvalue weighted by Gasteiger charge is 2.06. The van der Waals surface area contributed by atoms with Crippen LogP contribution in [0.4, 0.5) is 0 Å². The van der Waals surface area contributed by atoms with Crippen molar-refractivity contribution in [2.24, 2.45) is 0 Å². The summed E-state index contributed by atoms with van der Waals surface area (Å²) in [5.74, 6) is 0. The van der Waals surface area contributed by atoms with E-state index in [1.165, 1.54) is 11.3 Å². The summed E-state index contributed by atoms with van der Waals surface area (Å²) in [6.45, 7) is 0.559. The van der Waals surface area contributed by atoms with Crippen LogP contribution in [0.25, 0.3) is 10.2 Å². The highest BCUT2D eigenvalue weighted by Crippen LogP contribution is 2.14. The van der Waals surface area contributed by atoms with Gasteiger partial charge in [0.25, 0.3) is 5.56 Å². The van der Waals surface area contributed by atoms with Crippen LogP contribution in [0.5, 0.6) is 0 Å². The summed E-state index contributed by atoms with van der Waals surface area (Å²) in [5.41, 5.74) is 2.76. The van der Waals surface area contributed by atoms with Crippen molar-refractivity contribution in [2.45, 2.75) is 13.0 Å². The number of nitrogens with zero attached hydrogens (tertiary/aromatic N) is 2. The zero-order valence-corrected chi connectivity index (χ0v) is 11.7. The van der Waals surface area contributed by atoms with Crippen LogP contribution in [-0.2, 0) is 13.0 Å². The summed E-state index contributed by atoms with van der Waals surface area (Å²) in [4.78, 5) is 20.4. The third-order valence-electron chi connectivity index (χ3n) is 2.68. The first-order chi connectivity index (χ1) is 8.75. The summed E-state index contributed by atoms with van der Waals surface area (Å²) in [6.07, 6.45) is 0.719. The van der Waals surface area contributed by atoms with Crippen LogP contribution in [0.1, 0.15) is 5.69 Å². The lowest BCUT2D eigenvalue weighted by molar-refractivity contribution is 0.647. The second-order valence-corrected chi connectivity index (χ2v) is 5.80. The zero-order valence-electron chi connectivity index (χ0n) is 9.25. The quantitative estimate of drug-likeness (QED) is 0.756. The third kappa shape index (κ3) is 2.05. The van der Waals surface area contributed by atoms with Crippen LogP contribution in [0, 0.1) is 4.77 Å². The first-order valence-electron chi connectivity index (χ1n) is 5.33. The molecule has 0 radical (unpaired) electrons. The fourth-order valence-electron chi connectivity index (χ4n) is 1.77. The molecule has 18 heavy (non-hydrogen) atoms. The summed E-state index contributed by atoms with van der Waals surface area (Å²) in [6, 6.07) is 1.83. The van der Waals surface area contributed by atoms with E-state index in [2.05, 4.69) is 9.97 Å². The largest absolute Gasteiger partial charge is 0.323 e. The predicted molar refractivity (Wildman–Crippen MR) is 77.1 cm³/mol. The number of aromatic amines is 1. The van der Waals surface area contributed by atoms with Crippen molar-refractivity contribution in [3.05, 3.63) is 43.2 Å². The highest BCUT2D eigenvalue weighted by atomic mass is 32.1. The molecule has 0 aliphatic carbocycles. The standard InChI is InChI=1S/C11H9N3OS3/c15-10-8-2-4-18-9(8)13-11(16)14(10)3-1-7-5-17-6-12-7/h2,4-6H,1,3H2,(H,13,16). The highest BCUT2D eigenvalue weighted by molar-refractivity contribution is 7.71. The molecule has 1 N–H and O–H groups in total. The molecule has 0 aliphatic heterocycles. The lowest BCUT2D eigenvalue weighted by Gasteiger charge is -2.04. The van der Waals surface area contributed by atoms with E-state index >= 15 is 0 Å². The number of fused-ring (bicyclic) bond motifs is 1. The minimum atomic E-state index is -0.0229. The van der Waals surface area contributed by atoms with Gasteiger partial charge in [0.1, 0.15) is 4.83 Å². The minimum absolute atomic E-state index is 0.0229. The molecule has 0 aromatic carbocycles. The number of nitrogens with one attached hydrogen (secondary N) is 1. The van der Waals surface area contributed by atoms with Crippen molar-refractivity contribution in [3.8, 4) is 0 Å². The zero-order chi connectivity index (χ0) is 12.5. The Kier molecular flexibility index (Phi) is 3.11. The van der Waals surface area contributed by atoms with Gasteiger partial charge in [-0.25, -0.2) is 4.98 Å². The molecule has 0 saturated carbocycles. The minimum Gasteiger partial charge on any atom is -0.323 e. The van der Waals surface area contributed by atoms with Crippen LogP contribution < -0.4 is 5.56 Å². The molecule has 0 unspecified atom stereocenters. The first-order valence-corrected chi connectivity index (χ1v) is 7.56. The van der Waals surface area contributed by atoms with Crippen molar-refractivity contribution in [1.82, 2.24) is 14.5 Å². The van der Waals surface area contributed by atoms with Gasteiger partial charge in [0.15, 0.2) is 4.77 Å². The van der Waals surface area contributed by atoms with E-state index in [0.29, 0.717) is 16.7 Å². The van der Waals surface area contributed by atoms with E-state index in [0.717, 1.165) is 16.9 Å². The van der Waals surface area contributed by atoms with Crippen molar-refractivity contribution in [1.29, 1.82) is 0 Å². The Morgan fingerprint density at radius 2 is 2.39 bits per heavy atom. The summed E-state index contributed by atoms with van der Waals surface area (Å²) in [7, 11) is 0. The molecule has 0 amide bonds. The van der Waals surface area contributed by atoms with Crippen molar-refractivity contribution >= 4 is 45.1 Å². The fourth-order valence-corrected chi connectivity index (χ4v) is 3.48. The summed E-state index contributed by atoms with van der Waals surface area (Å²) in [5, 5.41) is 4.58. The van der Waals surface area contributed by atoms with E-state index in [1.54, 1.807) is 21.4 Å². The Hall–Kier alpha value is -1.31. The van der Waals surface area contributed by atoms with Crippen molar-refractivity contribution < 1.29 is 0 Å². The van der Waals surface area contributed by atoms with Crippen LogP contribution in [-0.4, -0.2) is 14.5 Å². The number of H-pyrrole nitrogens is 1. The molecule has 0 atom stereocenters. The van der Waals surface area contributed by atoms with Crippen LogP contribution in [0.2, 0.25) is 0 Å². The number of aryl methyl sites for hydroxylation is 1. The number of hydrogen-bond donors (Lipinski definition) is 1. The van der Waals surface area contributed by atoms with Gasteiger partial charge in [-0.3, -0.25) is 9.36 Å². The number of aromatic nitrogens is 3. The van der Waals surface area contributed by atoms with E-state index < -0.39 is 0 Å². The molecule has 0 fully saturated rings. The Balaban J connectivity index is 2.01. The first kappa shape index (κ1) is 11.8. The van der Waals surface area contributed by atoms with E-state index in [4.69, 9.17) is 12.2 Å². The van der Waals surface area contributed by atoms with E-state index in [9.17, 15) is 4.79 Å². The number of hydrogen-bond acceptors (Lipinski definition) is 5. The van der Waals surface area contributed by atoms with Crippen LogP contribution in [0.15, 0.2) is 27.1 Å². The molecule has 3 rings (SSSR count). The molecular formula is C11H9N3OS3.